The molecule has 3 unspecified atom stereocenters. The number of hydroxylamine groups is 2. The predicted octanol–water partition coefficient (Wildman–Crippen LogP) is 0.515. The van der Waals surface area contributed by atoms with Gasteiger partial charge in [-0.05, 0) is 69.8 Å². The Morgan fingerprint density at radius 1 is 1.34 bits per heavy atom. The third-order valence-corrected chi connectivity index (χ3v) is 10.4. The zero-order valence-electron chi connectivity index (χ0n) is 29.8. The number of aromatic nitrogens is 1. The second-order valence-corrected chi connectivity index (χ2v) is 15.1. The number of carboxylic acids is 1. The van der Waals surface area contributed by atoms with E-state index >= 15 is 0 Å². The van der Waals surface area contributed by atoms with Gasteiger partial charge in [-0.25, -0.2) is 9.78 Å². The van der Waals surface area contributed by atoms with E-state index in [1.807, 2.05) is 24.5 Å². The first-order chi connectivity index (χ1) is 25.3. The molecule has 3 aliphatic rings. The number of aliphatic imine (C=N–C) groups is 1. The number of hydrogen-bond donors (Lipinski definition) is 6. The van der Waals surface area contributed by atoms with Crippen LogP contribution in [0.15, 0.2) is 39.9 Å². The number of β-lactam (4-membered cyclic amide) rings is 1. The van der Waals surface area contributed by atoms with Crippen molar-refractivity contribution in [1.29, 1.82) is 0 Å². The number of allylic oxidation sites excluding steroid dienone is 1. The van der Waals surface area contributed by atoms with Gasteiger partial charge in [-0.15, -0.1) is 15.6 Å². The van der Waals surface area contributed by atoms with E-state index in [1.54, 1.807) is 19.9 Å². The van der Waals surface area contributed by atoms with E-state index in [4.69, 9.17) is 25.3 Å². The van der Waals surface area contributed by atoms with Crippen LogP contribution in [0.25, 0.3) is 5.57 Å². The number of aryl methyl sites for hydroxylation is 1. The molecule has 0 spiro atoms. The van der Waals surface area contributed by atoms with Crippen molar-refractivity contribution in [2.45, 2.75) is 63.3 Å². The number of anilines is 1. The second kappa shape index (κ2) is 17.1. The molecular weight excluding hydrogens is 731 g/mol. The molecule has 0 saturated carbocycles. The van der Waals surface area contributed by atoms with Crippen LogP contribution in [0.5, 0.6) is 5.75 Å². The van der Waals surface area contributed by atoms with Gasteiger partial charge in [-0.2, -0.15) is 9.27 Å². The molecule has 2 amide bonds. The summed E-state index contributed by atoms with van der Waals surface area (Å²) in [6.45, 7) is 8.37. The minimum atomic E-state index is -2.23. The molecule has 3 aliphatic heterocycles. The summed E-state index contributed by atoms with van der Waals surface area (Å²) in [4.78, 5) is 53.7. The topological polar surface area (TPSA) is 254 Å². The first-order valence-corrected chi connectivity index (χ1v) is 18.8. The molecule has 0 bridgehead atoms. The third kappa shape index (κ3) is 9.02. The highest BCUT2D eigenvalue weighted by Gasteiger charge is 2.58. The normalized spacial score (nSPS) is 21.8. The van der Waals surface area contributed by atoms with E-state index in [-0.39, 0.29) is 17.2 Å². The SMILES string of the molecule is COS(=O)ON1C(=O)[C@@H](NC(=O)/C(=N\OC(C)(C(=O)O)C2CCc3cc(/C(C=NCC4CNC4)=C/NCCCN)ccc3O2)c2csc(N)n2)C1(C)C. The largest absolute Gasteiger partial charge is 0.485 e. The quantitative estimate of drug-likeness (QED) is 0.0523. The first kappa shape index (κ1) is 39.7. The van der Waals surface area contributed by atoms with E-state index in [1.165, 1.54) is 12.3 Å². The van der Waals surface area contributed by atoms with Crippen LogP contribution in [0, 0.1) is 5.92 Å². The van der Waals surface area contributed by atoms with Crippen molar-refractivity contribution in [3.63, 3.8) is 0 Å². The molecule has 1 aromatic carbocycles. The van der Waals surface area contributed by atoms with Crippen LogP contribution in [0.4, 0.5) is 5.13 Å². The lowest BCUT2D eigenvalue weighted by Gasteiger charge is -2.50. The minimum absolute atomic E-state index is 0.00684. The summed E-state index contributed by atoms with van der Waals surface area (Å²) in [5.41, 5.74) is 10.5. The van der Waals surface area contributed by atoms with E-state index in [0.29, 0.717) is 31.2 Å². The molecule has 0 aliphatic carbocycles. The number of thiazole rings is 1. The van der Waals surface area contributed by atoms with Crippen LogP contribution in [0.2, 0.25) is 0 Å². The Balaban J connectivity index is 1.34. The molecule has 4 heterocycles. The number of carbonyl (C=O) groups excluding carboxylic acids is 2. The Bertz CT molecular complexity index is 1800. The molecule has 18 nitrogen and oxygen atoms in total. The van der Waals surface area contributed by atoms with Crippen LogP contribution >= 0.6 is 11.3 Å². The molecule has 53 heavy (non-hydrogen) atoms. The number of benzene rings is 1. The molecule has 288 valence electrons. The van der Waals surface area contributed by atoms with Gasteiger partial charge in [0.2, 0.25) is 0 Å². The lowest BCUT2D eigenvalue weighted by molar-refractivity contribution is -0.216. The van der Waals surface area contributed by atoms with Crippen molar-refractivity contribution >= 4 is 63.1 Å². The van der Waals surface area contributed by atoms with Crippen molar-refractivity contribution in [2.75, 3.05) is 45.6 Å². The van der Waals surface area contributed by atoms with E-state index < -0.39 is 58.1 Å². The van der Waals surface area contributed by atoms with Gasteiger partial charge in [0.15, 0.2) is 16.9 Å². The van der Waals surface area contributed by atoms with Gasteiger partial charge in [0, 0.05) is 55.5 Å². The number of nitrogens with one attached hydrogen (secondary N) is 3. The molecular formula is C33H45N9O9S2. The number of aliphatic carboxylic acids is 1. The van der Waals surface area contributed by atoms with Crippen LogP contribution in [0.3, 0.4) is 0 Å². The molecule has 2 saturated heterocycles. The number of nitrogens with two attached hydrogens (primary N) is 2. The fraction of sp³-hybridized carbons (Fsp3) is 0.515. The zero-order valence-corrected chi connectivity index (χ0v) is 31.5. The van der Waals surface area contributed by atoms with Crippen molar-refractivity contribution in [3.8, 4) is 5.75 Å². The van der Waals surface area contributed by atoms with E-state index in [9.17, 15) is 23.7 Å². The number of nitrogens with zero attached hydrogens (tertiary/aromatic N) is 4. The van der Waals surface area contributed by atoms with Crippen molar-refractivity contribution < 1.29 is 41.7 Å². The second-order valence-electron chi connectivity index (χ2n) is 13.3. The average Bonchev–Trinajstić information content (AvgIpc) is 3.55. The Hall–Kier alpha value is -4.47. The highest BCUT2D eigenvalue weighted by Crippen LogP contribution is 2.36. The zero-order chi connectivity index (χ0) is 38.3. The van der Waals surface area contributed by atoms with Crippen LogP contribution in [0.1, 0.15) is 50.4 Å². The Labute approximate surface area is 313 Å². The van der Waals surface area contributed by atoms with Gasteiger partial charge in [0.25, 0.3) is 17.4 Å². The van der Waals surface area contributed by atoms with E-state index in [2.05, 4.69) is 35.3 Å². The van der Waals surface area contributed by atoms with Gasteiger partial charge < -0.3 is 42.1 Å². The molecule has 20 heteroatoms. The fourth-order valence-electron chi connectivity index (χ4n) is 5.71. The number of hydrogen-bond acceptors (Lipinski definition) is 16. The molecule has 8 N–H and O–H groups in total. The van der Waals surface area contributed by atoms with Crippen LogP contribution in [-0.4, -0.2) is 112 Å². The van der Waals surface area contributed by atoms with Gasteiger partial charge in [-0.1, -0.05) is 11.2 Å². The number of carboxylic acid groups (broad SMARTS) is 1. The number of ether oxygens (including phenoxy) is 1. The fourth-order valence-corrected chi connectivity index (χ4v) is 6.70. The molecule has 0 radical (unpaired) electrons. The molecule has 4 atom stereocenters. The van der Waals surface area contributed by atoms with Gasteiger partial charge in [-0.3, -0.25) is 18.8 Å². The van der Waals surface area contributed by atoms with Gasteiger partial charge in [0.05, 0.1) is 12.6 Å². The Morgan fingerprint density at radius 3 is 2.74 bits per heavy atom. The number of fused-ring (bicyclic) bond motifs is 1. The monoisotopic (exact) mass is 775 g/mol. The standard InChI is InChI=1S/C33H45N9O9S2/c1-32(2)27(29(44)42(32)51-53(47)48-4)40-28(43)26(23-18-52-31(35)39-23)41-50-33(3,30(45)46)25-9-7-21-12-20(6-8-24(21)49-25)22(16-36-11-5-10-34)17-38-15-19-13-37-14-19/h6,8,12,16-19,25,27,36-37H,5,7,9-11,13-15,34H2,1-4H3,(H2,35,39)(H,40,43)(H,45,46)/b22-16+,38-17?,41-26-/t25?,27-,33?,53?/m1/s1. The molecule has 1 aromatic heterocycles. The minimum Gasteiger partial charge on any atom is -0.485 e. The van der Waals surface area contributed by atoms with Gasteiger partial charge in [0.1, 0.15) is 17.5 Å². The predicted molar refractivity (Wildman–Crippen MR) is 198 cm³/mol. The summed E-state index contributed by atoms with van der Waals surface area (Å²) < 4.78 is 27.5. The number of nitrogen functional groups attached to an aromatic ring is 1. The van der Waals surface area contributed by atoms with Crippen molar-refractivity contribution in [1.82, 2.24) is 26.0 Å². The average molecular weight is 776 g/mol. The Kier molecular flexibility index (Phi) is 12.8. The van der Waals surface area contributed by atoms with E-state index in [0.717, 1.165) is 66.3 Å². The van der Waals surface area contributed by atoms with Crippen molar-refractivity contribution in [3.05, 3.63) is 46.6 Å². The van der Waals surface area contributed by atoms with Crippen molar-refractivity contribution in [2.24, 2.45) is 21.8 Å². The maximum atomic E-state index is 13.6. The van der Waals surface area contributed by atoms with Gasteiger partial charge >= 0.3 is 17.3 Å². The molecule has 2 aromatic rings. The summed E-state index contributed by atoms with van der Waals surface area (Å²) in [5.74, 6) is -1.99. The summed E-state index contributed by atoms with van der Waals surface area (Å²) >= 11 is -1.21. The maximum absolute atomic E-state index is 13.6. The molecule has 5 rings (SSSR count). The van der Waals surface area contributed by atoms with Crippen LogP contribution in [-0.2, 0) is 45.5 Å². The summed E-state index contributed by atoms with van der Waals surface area (Å²) in [6, 6.07) is 4.52. The number of oxime groups is 1. The number of rotatable bonds is 18. The highest BCUT2D eigenvalue weighted by atomic mass is 32.2. The lowest BCUT2D eigenvalue weighted by Crippen LogP contribution is -2.76. The maximum Gasteiger partial charge on any atom is 0.354 e. The summed E-state index contributed by atoms with van der Waals surface area (Å²) in [7, 11) is 1.14. The lowest BCUT2D eigenvalue weighted by atomic mass is 9.84. The first-order valence-electron chi connectivity index (χ1n) is 16.9. The summed E-state index contributed by atoms with van der Waals surface area (Å²) in [6.07, 6.45) is 4.28. The number of amides is 2. The summed E-state index contributed by atoms with van der Waals surface area (Å²) in [5, 5.41) is 25.9. The molecule has 2 fully saturated rings. The number of carbonyl (C=O) groups is 3. The van der Waals surface area contributed by atoms with Crippen LogP contribution < -0.4 is 32.2 Å². The smallest absolute Gasteiger partial charge is 0.354 e. The highest BCUT2D eigenvalue weighted by molar-refractivity contribution is 7.75. The Morgan fingerprint density at radius 2 is 2.11 bits per heavy atom. The third-order valence-electron chi connectivity index (χ3n) is 9.15.